The molecule has 2 rings (SSSR count). The van der Waals surface area contributed by atoms with Crippen LogP contribution in [0.5, 0.6) is 0 Å². The van der Waals surface area contributed by atoms with E-state index in [-0.39, 0.29) is 29.9 Å². The molecule has 7 heteroatoms. The van der Waals surface area contributed by atoms with E-state index in [0.717, 1.165) is 19.0 Å². The largest absolute Gasteiger partial charge is 0.459 e. The molecule has 124 valence electrons. The second-order valence-corrected chi connectivity index (χ2v) is 6.04. The Bertz CT molecular complexity index is 500. The van der Waals surface area contributed by atoms with Crippen molar-refractivity contribution in [3.05, 3.63) is 24.2 Å². The molecule has 0 bridgehead atoms. The molecule has 0 spiro atoms. The molecule has 0 atom stereocenters. The number of furan rings is 1. The molecule has 22 heavy (non-hydrogen) atoms. The highest BCUT2D eigenvalue weighted by Crippen LogP contribution is 2.28. The van der Waals surface area contributed by atoms with Crippen molar-refractivity contribution in [2.45, 2.75) is 20.3 Å². The van der Waals surface area contributed by atoms with Gasteiger partial charge in [-0.15, -0.1) is 24.0 Å². The Hall–Kier alpha value is -1.25. The predicted octanol–water partition coefficient (Wildman–Crippen LogP) is 1.93. The van der Waals surface area contributed by atoms with Gasteiger partial charge in [0.2, 0.25) is 0 Å². The zero-order valence-electron chi connectivity index (χ0n) is 13.4. The molecular formula is C15H25IN4O2. The third kappa shape index (κ3) is 5.19. The summed E-state index contributed by atoms with van der Waals surface area (Å²) in [6.45, 7) is 7.72. The van der Waals surface area contributed by atoms with Gasteiger partial charge in [-0.2, -0.15) is 0 Å². The lowest BCUT2D eigenvalue weighted by Gasteiger charge is -2.23. The molecule has 0 aromatic carbocycles. The molecule has 1 saturated heterocycles. The molecular weight excluding hydrogens is 395 g/mol. The van der Waals surface area contributed by atoms with E-state index >= 15 is 0 Å². The minimum Gasteiger partial charge on any atom is -0.459 e. The fourth-order valence-electron chi connectivity index (χ4n) is 2.47. The normalized spacial score (nSPS) is 17.0. The smallest absolute Gasteiger partial charge is 0.287 e. The summed E-state index contributed by atoms with van der Waals surface area (Å²) < 4.78 is 5.03. The third-order valence-corrected chi connectivity index (χ3v) is 3.63. The second kappa shape index (κ2) is 8.40. The average Bonchev–Trinajstić information content (AvgIpc) is 3.08. The number of rotatable bonds is 4. The second-order valence-electron chi connectivity index (χ2n) is 6.04. The van der Waals surface area contributed by atoms with Gasteiger partial charge >= 0.3 is 0 Å². The summed E-state index contributed by atoms with van der Waals surface area (Å²) in [6.07, 6.45) is 2.66. The zero-order chi connectivity index (χ0) is 15.3. The number of carbonyl (C=O) groups is 1. The van der Waals surface area contributed by atoms with E-state index < -0.39 is 0 Å². The van der Waals surface area contributed by atoms with E-state index in [1.807, 2.05) is 0 Å². The molecule has 2 heterocycles. The molecule has 0 unspecified atom stereocenters. The Morgan fingerprint density at radius 2 is 2.14 bits per heavy atom. The lowest BCUT2D eigenvalue weighted by molar-refractivity contribution is 0.0926. The molecule has 2 N–H and O–H groups in total. The first kappa shape index (κ1) is 18.8. The number of guanidine groups is 1. The number of carbonyl (C=O) groups excluding carboxylic acids is 1. The van der Waals surface area contributed by atoms with E-state index in [1.54, 1.807) is 19.2 Å². The van der Waals surface area contributed by atoms with Crippen molar-refractivity contribution in [1.82, 2.24) is 15.5 Å². The zero-order valence-corrected chi connectivity index (χ0v) is 15.7. The lowest BCUT2D eigenvalue weighted by Crippen LogP contribution is -2.43. The maximum absolute atomic E-state index is 11.7. The Morgan fingerprint density at radius 3 is 2.68 bits per heavy atom. The molecule has 1 aliphatic heterocycles. The van der Waals surface area contributed by atoms with Gasteiger partial charge in [-0.25, -0.2) is 0 Å². The first-order chi connectivity index (χ1) is 10.0. The van der Waals surface area contributed by atoms with Gasteiger partial charge in [0, 0.05) is 33.2 Å². The Labute approximate surface area is 148 Å². The van der Waals surface area contributed by atoms with Gasteiger partial charge in [0.1, 0.15) is 0 Å². The van der Waals surface area contributed by atoms with Crippen LogP contribution < -0.4 is 10.6 Å². The summed E-state index contributed by atoms with van der Waals surface area (Å²) in [5.74, 6) is 1.03. The average molecular weight is 420 g/mol. The quantitative estimate of drug-likeness (QED) is 0.338. The molecule has 0 radical (unpaired) electrons. The lowest BCUT2D eigenvalue weighted by atomic mass is 9.93. The van der Waals surface area contributed by atoms with Crippen LogP contribution in [0.15, 0.2) is 27.8 Å². The summed E-state index contributed by atoms with van der Waals surface area (Å²) in [5.41, 5.74) is 0.338. The van der Waals surface area contributed by atoms with Crippen molar-refractivity contribution in [3.63, 3.8) is 0 Å². The number of nitrogens with zero attached hydrogens (tertiary/aromatic N) is 2. The van der Waals surface area contributed by atoms with Gasteiger partial charge in [-0.05, 0) is 24.0 Å². The summed E-state index contributed by atoms with van der Waals surface area (Å²) in [7, 11) is 1.79. The van der Waals surface area contributed by atoms with Crippen molar-refractivity contribution in [2.75, 3.05) is 33.2 Å². The van der Waals surface area contributed by atoms with Crippen LogP contribution in [0.3, 0.4) is 0 Å². The molecule has 6 nitrogen and oxygen atoms in total. The number of amides is 1. The van der Waals surface area contributed by atoms with Gasteiger partial charge in [-0.1, -0.05) is 13.8 Å². The molecule has 1 fully saturated rings. The van der Waals surface area contributed by atoms with Crippen LogP contribution in [0.25, 0.3) is 0 Å². The molecule has 1 amide bonds. The minimum absolute atomic E-state index is 0. The number of likely N-dealkylation sites (tertiary alicyclic amines) is 1. The van der Waals surface area contributed by atoms with Crippen LogP contribution in [0, 0.1) is 5.41 Å². The Balaban J connectivity index is 0.00000242. The van der Waals surface area contributed by atoms with Gasteiger partial charge in [0.15, 0.2) is 11.7 Å². The van der Waals surface area contributed by atoms with Crippen molar-refractivity contribution in [3.8, 4) is 0 Å². The number of hydrogen-bond donors (Lipinski definition) is 2. The van der Waals surface area contributed by atoms with Crippen molar-refractivity contribution in [2.24, 2.45) is 10.4 Å². The van der Waals surface area contributed by atoms with Crippen molar-refractivity contribution < 1.29 is 9.21 Å². The van der Waals surface area contributed by atoms with E-state index in [0.29, 0.717) is 24.3 Å². The van der Waals surface area contributed by atoms with Crippen LogP contribution in [0.1, 0.15) is 30.8 Å². The molecule has 0 saturated carbocycles. The highest BCUT2D eigenvalue weighted by atomic mass is 127. The number of hydrogen-bond acceptors (Lipinski definition) is 3. The predicted molar refractivity (Wildman–Crippen MR) is 97.8 cm³/mol. The highest BCUT2D eigenvalue weighted by molar-refractivity contribution is 14.0. The summed E-state index contributed by atoms with van der Waals surface area (Å²) in [5, 5.41) is 6.08. The molecule has 1 aromatic rings. The summed E-state index contributed by atoms with van der Waals surface area (Å²) >= 11 is 0. The maximum atomic E-state index is 11.7. The SMILES string of the molecule is CN=C(NCCNC(=O)c1ccco1)N1CCC(C)(C)C1.I. The van der Waals surface area contributed by atoms with Crippen LogP contribution in [-0.4, -0.2) is 50.0 Å². The first-order valence-electron chi connectivity index (χ1n) is 7.29. The van der Waals surface area contributed by atoms with Crippen LogP contribution in [0.2, 0.25) is 0 Å². The highest BCUT2D eigenvalue weighted by Gasteiger charge is 2.30. The van der Waals surface area contributed by atoms with Crippen LogP contribution in [0.4, 0.5) is 0 Å². The first-order valence-corrected chi connectivity index (χ1v) is 7.29. The number of halogens is 1. The summed E-state index contributed by atoms with van der Waals surface area (Å²) in [4.78, 5) is 18.2. The van der Waals surface area contributed by atoms with Crippen LogP contribution >= 0.6 is 24.0 Å². The monoisotopic (exact) mass is 420 g/mol. The fourth-order valence-corrected chi connectivity index (χ4v) is 2.47. The Morgan fingerprint density at radius 1 is 1.41 bits per heavy atom. The number of aliphatic imine (C=N–C) groups is 1. The number of nitrogens with one attached hydrogen (secondary N) is 2. The van der Waals surface area contributed by atoms with Gasteiger partial charge < -0.3 is 20.0 Å². The molecule has 0 aliphatic carbocycles. The van der Waals surface area contributed by atoms with Crippen molar-refractivity contribution in [1.29, 1.82) is 0 Å². The topological polar surface area (TPSA) is 69.9 Å². The van der Waals surface area contributed by atoms with Gasteiger partial charge in [0.05, 0.1) is 6.26 Å². The maximum Gasteiger partial charge on any atom is 0.287 e. The third-order valence-electron chi connectivity index (χ3n) is 3.63. The van der Waals surface area contributed by atoms with Crippen molar-refractivity contribution >= 4 is 35.8 Å². The molecule has 1 aromatic heterocycles. The summed E-state index contributed by atoms with van der Waals surface area (Å²) in [6, 6.07) is 3.35. The molecule has 1 aliphatic rings. The van der Waals surface area contributed by atoms with E-state index in [9.17, 15) is 4.79 Å². The standard InChI is InChI=1S/C15H24N4O2.HI/c1-15(2)6-9-19(11-15)14(16-3)18-8-7-17-13(20)12-5-4-10-21-12;/h4-5,10H,6-9,11H2,1-3H3,(H,16,18)(H,17,20);1H. The van der Waals surface area contributed by atoms with Gasteiger partial charge in [-0.3, -0.25) is 9.79 Å². The van der Waals surface area contributed by atoms with E-state index in [2.05, 4.69) is 34.4 Å². The van der Waals surface area contributed by atoms with E-state index in [1.165, 1.54) is 12.7 Å². The van der Waals surface area contributed by atoms with Gasteiger partial charge in [0.25, 0.3) is 5.91 Å². The fraction of sp³-hybridized carbons (Fsp3) is 0.600. The van der Waals surface area contributed by atoms with Crippen LogP contribution in [-0.2, 0) is 0 Å². The minimum atomic E-state index is -0.195. The van der Waals surface area contributed by atoms with E-state index in [4.69, 9.17) is 4.42 Å². The Kier molecular flexibility index (Phi) is 7.18.